The largest absolute Gasteiger partial charge is 0.341 e. The summed E-state index contributed by atoms with van der Waals surface area (Å²) in [4.78, 5) is 35.3. The Morgan fingerprint density at radius 1 is 1.46 bits per heavy atom. The molecule has 13 heavy (non-hydrogen) atoms. The third-order valence-corrected chi connectivity index (χ3v) is 1.90. The van der Waals surface area contributed by atoms with Gasteiger partial charge in [-0.2, -0.15) is 0 Å². The van der Waals surface area contributed by atoms with Crippen molar-refractivity contribution in [2.45, 2.75) is 6.42 Å². The van der Waals surface area contributed by atoms with E-state index in [-0.39, 0.29) is 18.9 Å². The Hall–Kier alpha value is -1.59. The van der Waals surface area contributed by atoms with Crippen LogP contribution in [0.3, 0.4) is 0 Å². The number of amides is 5. The van der Waals surface area contributed by atoms with Gasteiger partial charge in [-0.3, -0.25) is 9.69 Å². The fourth-order valence-electron chi connectivity index (χ4n) is 1.08. The second-order valence-corrected chi connectivity index (χ2v) is 2.69. The van der Waals surface area contributed by atoms with Crippen LogP contribution >= 0.6 is 0 Å². The molecule has 6 nitrogen and oxygen atoms in total. The molecule has 1 N–H and O–H groups in total. The lowest BCUT2D eigenvalue weighted by atomic mass is 10.3. The van der Waals surface area contributed by atoms with Crippen LogP contribution in [0.4, 0.5) is 9.59 Å². The molecule has 0 bridgehead atoms. The highest BCUT2D eigenvalue weighted by atomic mass is 16.2. The van der Waals surface area contributed by atoms with Gasteiger partial charge < -0.3 is 5.32 Å². The summed E-state index contributed by atoms with van der Waals surface area (Å²) in [7, 11) is 2.80. The maximum Gasteiger partial charge on any atom is 0.334 e. The first-order chi connectivity index (χ1) is 6.07. The standard InChI is InChI=1S/C7H11N3O3/c1-8-6(12)10-4-3-5(11)9(2)7(10)13/h3-4H2,1-2H3,(H,8,12). The number of nitrogens with one attached hydrogen (secondary N) is 1. The molecule has 0 aliphatic carbocycles. The molecular weight excluding hydrogens is 174 g/mol. The van der Waals surface area contributed by atoms with Crippen LogP contribution in [0.15, 0.2) is 0 Å². The summed E-state index contributed by atoms with van der Waals surface area (Å²) in [6.45, 7) is 0.154. The first-order valence-electron chi connectivity index (χ1n) is 3.87. The molecule has 6 heteroatoms. The van der Waals surface area contributed by atoms with Crippen LogP contribution < -0.4 is 5.32 Å². The van der Waals surface area contributed by atoms with Gasteiger partial charge in [-0.25, -0.2) is 14.5 Å². The topological polar surface area (TPSA) is 69.7 Å². The van der Waals surface area contributed by atoms with Crippen molar-refractivity contribution in [2.24, 2.45) is 0 Å². The molecule has 0 saturated carbocycles. The lowest BCUT2D eigenvalue weighted by Gasteiger charge is -2.29. The van der Waals surface area contributed by atoms with Crippen LogP contribution in [0, 0.1) is 0 Å². The van der Waals surface area contributed by atoms with Gasteiger partial charge in [0.05, 0.1) is 0 Å². The summed E-state index contributed by atoms with van der Waals surface area (Å²) in [6.07, 6.45) is 0.190. The monoisotopic (exact) mass is 185 g/mol. The number of urea groups is 2. The fourth-order valence-corrected chi connectivity index (χ4v) is 1.08. The van der Waals surface area contributed by atoms with Gasteiger partial charge in [0.1, 0.15) is 0 Å². The predicted molar refractivity (Wildman–Crippen MR) is 43.9 cm³/mol. The lowest BCUT2D eigenvalue weighted by molar-refractivity contribution is -0.129. The van der Waals surface area contributed by atoms with Crippen LogP contribution in [0.25, 0.3) is 0 Å². The third-order valence-electron chi connectivity index (χ3n) is 1.90. The summed E-state index contributed by atoms with van der Waals surface area (Å²) >= 11 is 0. The van der Waals surface area contributed by atoms with Crippen molar-refractivity contribution in [1.29, 1.82) is 0 Å². The Bertz CT molecular complexity index is 264. The zero-order valence-electron chi connectivity index (χ0n) is 7.53. The maximum atomic E-state index is 11.3. The number of hydrogen-bond acceptors (Lipinski definition) is 3. The minimum atomic E-state index is -0.574. The van der Waals surface area contributed by atoms with E-state index >= 15 is 0 Å². The SMILES string of the molecule is CNC(=O)N1CCC(=O)N(C)C1=O. The fraction of sp³-hybridized carbons (Fsp3) is 0.571. The van der Waals surface area contributed by atoms with Gasteiger partial charge in [0, 0.05) is 27.1 Å². The summed E-state index contributed by atoms with van der Waals surface area (Å²) in [5.41, 5.74) is 0. The van der Waals surface area contributed by atoms with Crippen molar-refractivity contribution in [3.05, 3.63) is 0 Å². The highest BCUT2D eigenvalue weighted by Crippen LogP contribution is 2.07. The Labute approximate surface area is 75.5 Å². The van der Waals surface area contributed by atoms with Gasteiger partial charge in [-0.05, 0) is 0 Å². The molecule has 72 valence electrons. The highest BCUT2D eigenvalue weighted by Gasteiger charge is 2.32. The molecule has 0 aromatic rings. The van der Waals surface area contributed by atoms with Crippen LogP contribution in [0.1, 0.15) is 6.42 Å². The van der Waals surface area contributed by atoms with Crippen LogP contribution in [-0.2, 0) is 4.79 Å². The molecule has 5 amide bonds. The van der Waals surface area contributed by atoms with E-state index in [4.69, 9.17) is 0 Å². The maximum absolute atomic E-state index is 11.3. The summed E-state index contributed by atoms with van der Waals surface area (Å²) < 4.78 is 0. The van der Waals surface area contributed by atoms with Gasteiger partial charge in [0.2, 0.25) is 5.91 Å². The Morgan fingerprint density at radius 2 is 2.08 bits per heavy atom. The smallest absolute Gasteiger partial charge is 0.334 e. The lowest BCUT2D eigenvalue weighted by Crippen LogP contribution is -2.54. The van der Waals surface area contributed by atoms with Crippen molar-refractivity contribution in [3.8, 4) is 0 Å². The van der Waals surface area contributed by atoms with Gasteiger partial charge in [-0.15, -0.1) is 0 Å². The number of imide groups is 2. The molecule has 0 aromatic heterocycles. The van der Waals surface area contributed by atoms with E-state index < -0.39 is 12.1 Å². The Morgan fingerprint density at radius 3 is 2.62 bits per heavy atom. The van der Waals surface area contributed by atoms with Crippen LogP contribution in [-0.4, -0.2) is 48.4 Å². The van der Waals surface area contributed by atoms with E-state index in [1.165, 1.54) is 14.1 Å². The Balaban J connectivity index is 2.75. The van der Waals surface area contributed by atoms with Gasteiger partial charge >= 0.3 is 12.1 Å². The molecule has 0 aromatic carbocycles. The van der Waals surface area contributed by atoms with Crippen molar-refractivity contribution in [2.75, 3.05) is 20.6 Å². The molecule has 1 aliphatic heterocycles. The average molecular weight is 185 g/mol. The number of carbonyl (C=O) groups is 3. The molecule has 0 unspecified atom stereocenters. The third kappa shape index (κ3) is 1.61. The van der Waals surface area contributed by atoms with E-state index in [2.05, 4.69) is 5.32 Å². The second-order valence-electron chi connectivity index (χ2n) is 2.69. The average Bonchev–Trinajstić information content (AvgIpc) is 2.13. The highest BCUT2D eigenvalue weighted by molar-refractivity contribution is 6.03. The van der Waals surface area contributed by atoms with Crippen molar-refractivity contribution < 1.29 is 14.4 Å². The molecule has 0 spiro atoms. The van der Waals surface area contributed by atoms with Crippen LogP contribution in [0.2, 0.25) is 0 Å². The van der Waals surface area contributed by atoms with E-state index in [9.17, 15) is 14.4 Å². The van der Waals surface area contributed by atoms with Gasteiger partial charge in [0.25, 0.3) is 0 Å². The first-order valence-corrected chi connectivity index (χ1v) is 3.87. The summed E-state index contributed by atoms with van der Waals surface area (Å²) in [6, 6.07) is -1.06. The molecule has 1 rings (SSSR count). The summed E-state index contributed by atoms with van der Waals surface area (Å²) in [5.74, 6) is -0.259. The number of hydrogen-bond donors (Lipinski definition) is 1. The van der Waals surface area contributed by atoms with Crippen LogP contribution in [0.5, 0.6) is 0 Å². The van der Waals surface area contributed by atoms with E-state index in [0.717, 1.165) is 9.80 Å². The molecule has 0 radical (unpaired) electrons. The summed E-state index contributed by atoms with van der Waals surface area (Å²) in [5, 5.41) is 2.33. The molecule has 1 aliphatic rings. The number of nitrogens with zero attached hydrogens (tertiary/aromatic N) is 2. The van der Waals surface area contributed by atoms with Gasteiger partial charge in [-0.1, -0.05) is 0 Å². The molecule has 1 saturated heterocycles. The van der Waals surface area contributed by atoms with Crippen molar-refractivity contribution in [3.63, 3.8) is 0 Å². The first kappa shape index (κ1) is 9.50. The van der Waals surface area contributed by atoms with Gasteiger partial charge in [0.15, 0.2) is 0 Å². The molecule has 1 fully saturated rings. The van der Waals surface area contributed by atoms with Crippen molar-refractivity contribution >= 4 is 18.0 Å². The molecule has 0 atom stereocenters. The molecule has 1 heterocycles. The normalized spacial score (nSPS) is 17.7. The zero-order chi connectivity index (χ0) is 10.0. The number of rotatable bonds is 0. The minimum absolute atomic E-state index is 0.154. The predicted octanol–water partition coefficient (Wildman–Crippen LogP) is -0.390. The van der Waals surface area contributed by atoms with E-state index in [1.807, 2.05) is 0 Å². The quantitative estimate of drug-likeness (QED) is 0.558. The minimum Gasteiger partial charge on any atom is -0.341 e. The number of carbonyl (C=O) groups excluding carboxylic acids is 3. The van der Waals surface area contributed by atoms with E-state index in [0.29, 0.717) is 0 Å². The van der Waals surface area contributed by atoms with Crippen molar-refractivity contribution in [1.82, 2.24) is 15.1 Å². The second kappa shape index (κ2) is 3.42. The zero-order valence-corrected chi connectivity index (χ0v) is 7.53. The van der Waals surface area contributed by atoms with E-state index in [1.54, 1.807) is 0 Å². The molecular formula is C7H11N3O3. The Kier molecular flexibility index (Phi) is 2.50.